The van der Waals surface area contributed by atoms with Crippen molar-refractivity contribution in [1.82, 2.24) is 14.2 Å². The van der Waals surface area contributed by atoms with E-state index < -0.39 is 10.0 Å². The van der Waals surface area contributed by atoms with E-state index in [2.05, 4.69) is 15.2 Å². The lowest BCUT2D eigenvalue weighted by molar-refractivity contribution is 0.310. The zero-order valence-corrected chi connectivity index (χ0v) is 12.9. The minimum atomic E-state index is -3.44. The molecule has 0 aromatic carbocycles. The molecular formula is C13H22N4O2S. The number of likely N-dealkylation sites (tertiary alicyclic amines) is 1. The third-order valence-corrected chi connectivity index (χ3v) is 5.48. The molecule has 1 aliphatic heterocycles. The largest absolute Gasteiger partial charge is 0.373 e. The highest BCUT2D eigenvalue weighted by atomic mass is 32.2. The summed E-state index contributed by atoms with van der Waals surface area (Å²) in [6.07, 6.45) is 3.94. The smallest absolute Gasteiger partial charge is 0.243 e. The Hall–Kier alpha value is -1.18. The fraction of sp³-hybridized carbons (Fsp3) is 0.615. The zero-order chi connectivity index (χ0) is 14.6. The highest BCUT2D eigenvalue weighted by Crippen LogP contribution is 2.17. The Morgan fingerprint density at radius 1 is 1.40 bits per heavy atom. The van der Waals surface area contributed by atoms with Crippen LogP contribution in [-0.2, 0) is 10.0 Å². The molecule has 1 aromatic heterocycles. The molecular weight excluding hydrogens is 276 g/mol. The summed E-state index contributed by atoms with van der Waals surface area (Å²) in [6, 6.07) is 3.09. The van der Waals surface area contributed by atoms with Gasteiger partial charge < -0.3 is 10.2 Å². The SMILES string of the molecule is CNc1cc(S(=O)(=O)N(C)CCN2CCCC2)ccn1. The Labute approximate surface area is 120 Å². The lowest BCUT2D eigenvalue weighted by Gasteiger charge is -2.21. The number of aromatic nitrogens is 1. The van der Waals surface area contributed by atoms with E-state index in [9.17, 15) is 8.42 Å². The number of anilines is 1. The molecule has 1 N–H and O–H groups in total. The van der Waals surface area contributed by atoms with Crippen molar-refractivity contribution < 1.29 is 8.42 Å². The third-order valence-electron chi connectivity index (χ3n) is 3.63. The molecule has 0 spiro atoms. The summed E-state index contributed by atoms with van der Waals surface area (Å²) in [4.78, 5) is 6.62. The van der Waals surface area contributed by atoms with Crippen molar-refractivity contribution in [1.29, 1.82) is 0 Å². The van der Waals surface area contributed by atoms with E-state index in [0.29, 0.717) is 12.4 Å². The van der Waals surface area contributed by atoms with E-state index in [-0.39, 0.29) is 4.90 Å². The second kappa shape index (κ2) is 6.51. The number of rotatable bonds is 6. The maximum atomic E-state index is 12.5. The predicted octanol–water partition coefficient (Wildman–Crippen LogP) is 0.840. The lowest BCUT2D eigenvalue weighted by Crippen LogP contribution is -2.35. The number of hydrogen-bond donors (Lipinski definition) is 1. The molecule has 112 valence electrons. The number of sulfonamides is 1. The lowest BCUT2D eigenvalue weighted by atomic mass is 10.4. The van der Waals surface area contributed by atoms with E-state index in [1.54, 1.807) is 20.2 Å². The van der Waals surface area contributed by atoms with Crippen LogP contribution >= 0.6 is 0 Å². The predicted molar refractivity (Wildman–Crippen MR) is 79.3 cm³/mol. The summed E-state index contributed by atoms with van der Waals surface area (Å²) in [5.41, 5.74) is 0. The molecule has 0 radical (unpaired) electrons. The average Bonchev–Trinajstić information content (AvgIpc) is 2.98. The molecule has 20 heavy (non-hydrogen) atoms. The van der Waals surface area contributed by atoms with Gasteiger partial charge in [-0.05, 0) is 32.0 Å². The molecule has 2 rings (SSSR count). The Morgan fingerprint density at radius 3 is 2.75 bits per heavy atom. The molecule has 0 atom stereocenters. The van der Waals surface area contributed by atoms with Gasteiger partial charge in [0.2, 0.25) is 10.0 Å². The first kappa shape index (κ1) is 15.2. The van der Waals surface area contributed by atoms with Gasteiger partial charge in [-0.25, -0.2) is 13.4 Å². The number of pyridine rings is 1. The fourth-order valence-electron chi connectivity index (χ4n) is 2.30. The summed E-state index contributed by atoms with van der Waals surface area (Å²) in [5.74, 6) is 0.555. The maximum absolute atomic E-state index is 12.5. The van der Waals surface area contributed by atoms with Crippen LogP contribution in [-0.4, -0.2) is 62.9 Å². The summed E-state index contributed by atoms with van der Waals surface area (Å²) < 4.78 is 26.3. The molecule has 1 aliphatic rings. The van der Waals surface area contributed by atoms with Gasteiger partial charge in [-0.15, -0.1) is 0 Å². The molecule has 0 unspecified atom stereocenters. The molecule has 0 aliphatic carbocycles. The number of nitrogens with zero attached hydrogens (tertiary/aromatic N) is 3. The van der Waals surface area contributed by atoms with Gasteiger partial charge in [-0.2, -0.15) is 4.31 Å². The summed E-state index contributed by atoms with van der Waals surface area (Å²) in [6.45, 7) is 3.46. The van der Waals surface area contributed by atoms with Gasteiger partial charge in [0.05, 0.1) is 4.90 Å². The van der Waals surface area contributed by atoms with Crippen molar-refractivity contribution >= 4 is 15.8 Å². The van der Waals surface area contributed by atoms with Gasteiger partial charge in [0.25, 0.3) is 0 Å². The molecule has 1 saturated heterocycles. The minimum absolute atomic E-state index is 0.278. The van der Waals surface area contributed by atoms with Crippen LogP contribution in [0.5, 0.6) is 0 Å². The molecule has 1 aromatic rings. The van der Waals surface area contributed by atoms with Crippen molar-refractivity contribution in [2.75, 3.05) is 45.6 Å². The molecule has 2 heterocycles. The molecule has 7 heteroatoms. The first-order chi connectivity index (χ1) is 9.54. The van der Waals surface area contributed by atoms with E-state index in [1.165, 1.54) is 29.4 Å². The second-order valence-electron chi connectivity index (χ2n) is 5.00. The minimum Gasteiger partial charge on any atom is -0.373 e. The molecule has 6 nitrogen and oxygen atoms in total. The highest BCUT2D eigenvalue weighted by molar-refractivity contribution is 7.89. The van der Waals surface area contributed by atoms with Crippen LogP contribution in [0, 0.1) is 0 Å². The van der Waals surface area contributed by atoms with Crippen molar-refractivity contribution in [2.45, 2.75) is 17.7 Å². The normalized spacial score (nSPS) is 16.8. The molecule has 1 fully saturated rings. The van der Waals surface area contributed by atoms with Crippen LogP contribution in [0.2, 0.25) is 0 Å². The maximum Gasteiger partial charge on any atom is 0.243 e. The molecule has 0 bridgehead atoms. The number of nitrogens with one attached hydrogen (secondary N) is 1. The summed E-state index contributed by atoms with van der Waals surface area (Å²) in [5, 5.41) is 2.85. The zero-order valence-electron chi connectivity index (χ0n) is 12.0. The van der Waals surface area contributed by atoms with Gasteiger partial charge >= 0.3 is 0 Å². The van der Waals surface area contributed by atoms with Gasteiger partial charge in [-0.3, -0.25) is 0 Å². The molecule has 0 saturated carbocycles. The van der Waals surface area contributed by atoms with Gasteiger partial charge in [0, 0.05) is 39.4 Å². The van der Waals surface area contributed by atoms with Gasteiger partial charge in [-0.1, -0.05) is 0 Å². The van der Waals surface area contributed by atoms with E-state index >= 15 is 0 Å². The quantitative estimate of drug-likeness (QED) is 0.843. The second-order valence-corrected chi connectivity index (χ2v) is 7.05. The first-order valence-electron chi connectivity index (χ1n) is 6.86. The molecule has 0 amide bonds. The van der Waals surface area contributed by atoms with E-state index in [4.69, 9.17) is 0 Å². The van der Waals surface area contributed by atoms with Crippen LogP contribution in [0.1, 0.15) is 12.8 Å². The van der Waals surface area contributed by atoms with Crippen LogP contribution in [0.4, 0.5) is 5.82 Å². The van der Waals surface area contributed by atoms with Crippen LogP contribution in [0.15, 0.2) is 23.2 Å². The first-order valence-corrected chi connectivity index (χ1v) is 8.30. The third kappa shape index (κ3) is 3.47. The van der Waals surface area contributed by atoms with Crippen molar-refractivity contribution in [3.05, 3.63) is 18.3 Å². The monoisotopic (exact) mass is 298 g/mol. The van der Waals surface area contributed by atoms with Gasteiger partial charge in [0.1, 0.15) is 5.82 Å². The topological polar surface area (TPSA) is 65.5 Å². The van der Waals surface area contributed by atoms with E-state index in [1.807, 2.05) is 0 Å². The Morgan fingerprint density at radius 2 is 2.10 bits per heavy atom. The van der Waals surface area contributed by atoms with Crippen molar-refractivity contribution in [3.63, 3.8) is 0 Å². The van der Waals surface area contributed by atoms with Crippen molar-refractivity contribution in [3.8, 4) is 0 Å². The summed E-state index contributed by atoms with van der Waals surface area (Å²) >= 11 is 0. The standard InChI is InChI=1S/C13H22N4O2S/c1-14-13-11-12(5-6-15-13)20(18,19)16(2)9-10-17-7-3-4-8-17/h5-6,11H,3-4,7-10H2,1-2H3,(H,14,15). The number of hydrogen-bond acceptors (Lipinski definition) is 5. The highest BCUT2D eigenvalue weighted by Gasteiger charge is 2.22. The van der Waals surface area contributed by atoms with E-state index in [0.717, 1.165) is 19.6 Å². The Kier molecular flexibility index (Phi) is 4.95. The fourth-order valence-corrected chi connectivity index (χ4v) is 3.47. The van der Waals surface area contributed by atoms with Crippen LogP contribution in [0.3, 0.4) is 0 Å². The summed E-state index contributed by atoms with van der Waals surface area (Å²) in [7, 11) is -0.0887. The Bertz CT molecular complexity index is 541. The van der Waals surface area contributed by atoms with Crippen LogP contribution < -0.4 is 5.32 Å². The van der Waals surface area contributed by atoms with Crippen molar-refractivity contribution in [2.24, 2.45) is 0 Å². The van der Waals surface area contributed by atoms with Crippen LogP contribution in [0.25, 0.3) is 0 Å². The number of likely N-dealkylation sites (N-methyl/N-ethyl adjacent to an activating group) is 1. The average molecular weight is 298 g/mol. The Balaban J connectivity index is 2.03. The van der Waals surface area contributed by atoms with Gasteiger partial charge in [0.15, 0.2) is 0 Å².